The minimum absolute atomic E-state index is 0.234. The normalized spacial score (nSPS) is 10.5. The Morgan fingerprint density at radius 1 is 0.793 bits per heavy atom. The van der Waals surface area contributed by atoms with Gasteiger partial charge >= 0.3 is 5.97 Å². The first-order valence-electron chi connectivity index (χ1n) is 9.70. The average Bonchev–Trinajstić information content (AvgIpc) is 2.66. The molecule has 3 aromatic rings. The van der Waals surface area contributed by atoms with E-state index in [1.54, 1.807) is 0 Å². The van der Waals surface area contributed by atoms with E-state index in [9.17, 15) is 4.79 Å². The Labute approximate surface area is 173 Å². The van der Waals surface area contributed by atoms with Gasteiger partial charge in [0.05, 0.1) is 0 Å². The molecule has 0 aliphatic carbocycles. The molecular weight excluding hydrogens is 358 g/mol. The van der Waals surface area contributed by atoms with E-state index in [0.717, 1.165) is 22.6 Å². The monoisotopic (exact) mass is 385 g/mol. The third-order valence-corrected chi connectivity index (χ3v) is 4.67. The highest BCUT2D eigenvalue weighted by Crippen LogP contribution is 2.36. The van der Waals surface area contributed by atoms with Gasteiger partial charge in [-0.05, 0) is 91.9 Å². The summed E-state index contributed by atoms with van der Waals surface area (Å²) in [5.41, 5.74) is 9.13. The van der Waals surface area contributed by atoms with Crippen molar-refractivity contribution in [3.8, 4) is 0 Å². The number of hydrogen-bond acceptors (Lipinski definition) is 3. The van der Waals surface area contributed by atoms with Crippen LogP contribution in [-0.4, -0.2) is 5.97 Å². The molecule has 3 heteroatoms. The van der Waals surface area contributed by atoms with Crippen molar-refractivity contribution >= 4 is 23.0 Å². The molecule has 0 aliphatic heterocycles. The minimum Gasteiger partial charge on any atom is -0.458 e. The van der Waals surface area contributed by atoms with Crippen LogP contribution >= 0.6 is 0 Å². The molecule has 0 amide bonds. The van der Waals surface area contributed by atoms with E-state index in [1.807, 2.05) is 12.1 Å². The van der Waals surface area contributed by atoms with Crippen molar-refractivity contribution in [1.29, 1.82) is 0 Å². The first kappa shape index (κ1) is 20.4. The second-order valence-corrected chi connectivity index (χ2v) is 7.51. The SMILES string of the molecule is C=CC(=O)OCc1ccc(N(c2cc(C)cc(C)c2)c2cc(C)cc(C)c2)cc1. The lowest BCUT2D eigenvalue weighted by atomic mass is 10.1. The fraction of sp³-hybridized carbons (Fsp3) is 0.192. The number of esters is 1. The third kappa shape index (κ3) is 5.14. The van der Waals surface area contributed by atoms with Crippen molar-refractivity contribution in [2.45, 2.75) is 34.3 Å². The van der Waals surface area contributed by atoms with Gasteiger partial charge < -0.3 is 9.64 Å². The highest BCUT2D eigenvalue weighted by Gasteiger charge is 2.14. The number of benzene rings is 3. The van der Waals surface area contributed by atoms with E-state index in [1.165, 1.54) is 28.3 Å². The van der Waals surface area contributed by atoms with E-state index in [0.29, 0.717) is 0 Å². The third-order valence-electron chi connectivity index (χ3n) is 4.67. The molecule has 0 bridgehead atoms. The van der Waals surface area contributed by atoms with Gasteiger partial charge in [-0.1, -0.05) is 30.8 Å². The zero-order valence-corrected chi connectivity index (χ0v) is 17.5. The van der Waals surface area contributed by atoms with E-state index in [4.69, 9.17) is 4.74 Å². The molecule has 0 saturated carbocycles. The van der Waals surface area contributed by atoms with Crippen LogP contribution in [0.5, 0.6) is 0 Å². The summed E-state index contributed by atoms with van der Waals surface area (Å²) in [5, 5.41) is 0. The average molecular weight is 386 g/mol. The fourth-order valence-electron chi connectivity index (χ4n) is 3.56. The number of hydrogen-bond donors (Lipinski definition) is 0. The van der Waals surface area contributed by atoms with Crippen molar-refractivity contribution in [1.82, 2.24) is 0 Å². The zero-order valence-electron chi connectivity index (χ0n) is 17.5. The summed E-state index contributed by atoms with van der Waals surface area (Å²) in [6, 6.07) is 21.3. The molecule has 0 heterocycles. The Kier molecular flexibility index (Phi) is 6.18. The zero-order chi connectivity index (χ0) is 21.0. The summed E-state index contributed by atoms with van der Waals surface area (Å²) in [6.07, 6.45) is 1.18. The second-order valence-electron chi connectivity index (χ2n) is 7.51. The molecule has 29 heavy (non-hydrogen) atoms. The molecule has 148 valence electrons. The highest BCUT2D eigenvalue weighted by atomic mass is 16.5. The number of ether oxygens (including phenoxy) is 1. The van der Waals surface area contributed by atoms with Gasteiger partial charge in [0.25, 0.3) is 0 Å². The van der Waals surface area contributed by atoms with Crippen LogP contribution in [0.15, 0.2) is 73.3 Å². The van der Waals surface area contributed by atoms with Crippen molar-refractivity contribution in [2.24, 2.45) is 0 Å². The molecule has 0 aliphatic rings. The summed E-state index contributed by atoms with van der Waals surface area (Å²) in [7, 11) is 0. The smallest absolute Gasteiger partial charge is 0.330 e. The minimum atomic E-state index is -0.416. The maximum absolute atomic E-state index is 11.3. The number of aryl methyl sites for hydroxylation is 4. The molecule has 0 fully saturated rings. The Balaban J connectivity index is 2.03. The van der Waals surface area contributed by atoms with Gasteiger partial charge in [-0.15, -0.1) is 0 Å². The summed E-state index contributed by atoms with van der Waals surface area (Å²) < 4.78 is 5.14. The Morgan fingerprint density at radius 2 is 1.24 bits per heavy atom. The number of carbonyl (C=O) groups is 1. The molecular formula is C26H27NO2. The fourth-order valence-corrected chi connectivity index (χ4v) is 3.56. The Hall–Kier alpha value is -3.33. The Morgan fingerprint density at radius 3 is 1.66 bits per heavy atom. The van der Waals surface area contributed by atoms with Crippen LogP contribution in [0, 0.1) is 27.7 Å². The quantitative estimate of drug-likeness (QED) is 0.353. The lowest BCUT2D eigenvalue weighted by Gasteiger charge is -2.27. The lowest BCUT2D eigenvalue weighted by molar-refractivity contribution is -0.138. The van der Waals surface area contributed by atoms with E-state index in [2.05, 4.69) is 87.7 Å². The van der Waals surface area contributed by atoms with Crippen LogP contribution < -0.4 is 4.90 Å². The first-order chi connectivity index (χ1) is 13.9. The van der Waals surface area contributed by atoms with Gasteiger partial charge in [-0.25, -0.2) is 4.79 Å². The van der Waals surface area contributed by atoms with E-state index >= 15 is 0 Å². The molecule has 0 unspecified atom stereocenters. The van der Waals surface area contributed by atoms with Crippen molar-refractivity contribution in [2.75, 3.05) is 4.90 Å². The van der Waals surface area contributed by atoms with Gasteiger partial charge in [-0.2, -0.15) is 0 Å². The summed E-state index contributed by atoms with van der Waals surface area (Å²) in [4.78, 5) is 13.6. The van der Waals surface area contributed by atoms with Crippen LogP contribution in [-0.2, 0) is 16.1 Å². The molecule has 0 spiro atoms. The van der Waals surface area contributed by atoms with Gasteiger partial charge in [0.2, 0.25) is 0 Å². The van der Waals surface area contributed by atoms with Gasteiger partial charge in [-0.3, -0.25) is 0 Å². The van der Waals surface area contributed by atoms with Gasteiger partial charge in [0.15, 0.2) is 0 Å². The highest BCUT2D eigenvalue weighted by molar-refractivity contribution is 5.81. The number of rotatable bonds is 6. The molecule has 0 aromatic heterocycles. The van der Waals surface area contributed by atoms with Gasteiger partial charge in [0.1, 0.15) is 6.61 Å². The topological polar surface area (TPSA) is 29.5 Å². The Bertz CT molecular complexity index is 943. The van der Waals surface area contributed by atoms with Crippen molar-refractivity contribution < 1.29 is 9.53 Å². The van der Waals surface area contributed by atoms with Crippen LogP contribution in [0.2, 0.25) is 0 Å². The van der Waals surface area contributed by atoms with Crippen LogP contribution in [0.25, 0.3) is 0 Å². The molecule has 0 radical (unpaired) electrons. The van der Waals surface area contributed by atoms with Crippen molar-refractivity contribution in [3.63, 3.8) is 0 Å². The predicted octanol–water partition coefficient (Wildman–Crippen LogP) is 6.62. The van der Waals surface area contributed by atoms with Crippen LogP contribution in [0.1, 0.15) is 27.8 Å². The standard InChI is InChI=1S/C26H27NO2/c1-6-26(28)29-17-22-7-9-23(10-8-22)27(24-13-18(2)11-19(3)14-24)25-15-20(4)12-21(5)16-25/h6-16H,1,17H2,2-5H3. The number of nitrogens with zero attached hydrogens (tertiary/aromatic N) is 1. The van der Waals surface area contributed by atoms with Crippen LogP contribution in [0.4, 0.5) is 17.1 Å². The number of carbonyl (C=O) groups excluding carboxylic acids is 1. The van der Waals surface area contributed by atoms with E-state index < -0.39 is 5.97 Å². The molecule has 0 N–H and O–H groups in total. The molecule has 3 rings (SSSR count). The molecule has 3 aromatic carbocycles. The second kappa shape index (κ2) is 8.78. The van der Waals surface area contributed by atoms with Gasteiger partial charge in [0, 0.05) is 23.1 Å². The summed E-state index contributed by atoms with van der Waals surface area (Å²) in [6.45, 7) is 12.1. The predicted molar refractivity (Wildman–Crippen MR) is 120 cm³/mol. The lowest BCUT2D eigenvalue weighted by Crippen LogP contribution is -2.11. The molecule has 3 nitrogen and oxygen atoms in total. The summed E-state index contributed by atoms with van der Waals surface area (Å²) >= 11 is 0. The maximum atomic E-state index is 11.3. The van der Waals surface area contributed by atoms with Crippen LogP contribution in [0.3, 0.4) is 0 Å². The van der Waals surface area contributed by atoms with Crippen molar-refractivity contribution in [3.05, 3.63) is 101 Å². The first-order valence-corrected chi connectivity index (χ1v) is 9.70. The maximum Gasteiger partial charge on any atom is 0.330 e. The molecule has 0 atom stereocenters. The summed E-state index contributed by atoms with van der Waals surface area (Å²) in [5.74, 6) is -0.416. The number of anilines is 3. The molecule has 0 saturated heterocycles. The van der Waals surface area contributed by atoms with E-state index in [-0.39, 0.29) is 6.61 Å². The largest absolute Gasteiger partial charge is 0.458 e.